The monoisotopic (exact) mass is 405 g/mol. The van der Waals surface area contributed by atoms with Gasteiger partial charge >= 0.3 is 0 Å². The molecule has 0 spiro atoms. The number of hydrogen-bond acceptors (Lipinski definition) is 4. The minimum absolute atomic E-state index is 0.124. The standard InChI is InChI=1S/C24H31N5O/c1-4-29-22-19(16-26-29)21(27-18-13-9-6-10-14-18)20(15-25-22)23(30)28-24(2,3)17-11-7-5-8-12-17/h5,7-8,11-12,15-16,18H,4,6,9-10,13-14H2,1-3H3,(H,25,27)(H,28,30). The van der Waals surface area contributed by atoms with Gasteiger partial charge in [-0.05, 0) is 39.2 Å². The van der Waals surface area contributed by atoms with Crippen LogP contribution in [0.25, 0.3) is 11.0 Å². The van der Waals surface area contributed by atoms with Crippen LogP contribution in [0.4, 0.5) is 5.69 Å². The van der Waals surface area contributed by atoms with Crippen LogP contribution >= 0.6 is 0 Å². The Morgan fingerprint density at radius 3 is 2.57 bits per heavy atom. The van der Waals surface area contributed by atoms with Gasteiger partial charge in [0.25, 0.3) is 5.91 Å². The highest BCUT2D eigenvalue weighted by atomic mass is 16.1. The molecular weight excluding hydrogens is 374 g/mol. The third-order valence-electron chi connectivity index (χ3n) is 6.09. The predicted molar refractivity (Wildman–Crippen MR) is 121 cm³/mol. The third kappa shape index (κ3) is 4.04. The smallest absolute Gasteiger partial charge is 0.255 e. The molecular formula is C24H31N5O. The minimum Gasteiger partial charge on any atom is -0.381 e. The van der Waals surface area contributed by atoms with Gasteiger partial charge in [0.15, 0.2) is 5.65 Å². The molecule has 3 aromatic rings. The van der Waals surface area contributed by atoms with Crippen molar-refractivity contribution in [2.24, 2.45) is 0 Å². The van der Waals surface area contributed by atoms with Crippen LogP contribution in [0.1, 0.15) is 68.8 Å². The van der Waals surface area contributed by atoms with E-state index in [2.05, 4.69) is 20.7 Å². The van der Waals surface area contributed by atoms with E-state index in [1.807, 2.05) is 62.0 Å². The largest absolute Gasteiger partial charge is 0.381 e. The molecule has 1 amide bonds. The highest BCUT2D eigenvalue weighted by Crippen LogP contribution is 2.31. The van der Waals surface area contributed by atoms with Crippen LogP contribution in [0.3, 0.4) is 0 Å². The number of hydrogen-bond donors (Lipinski definition) is 2. The molecule has 0 radical (unpaired) electrons. The maximum Gasteiger partial charge on any atom is 0.255 e. The van der Waals surface area contributed by atoms with Gasteiger partial charge in [-0.25, -0.2) is 9.67 Å². The zero-order valence-electron chi connectivity index (χ0n) is 18.1. The molecule has 1 aliphatic rings. The molecule has 158 valence electrons. The van der Waals surface area contributed by atoms with Gasteiger partial charge < -0.3 is 10.6 Å². The number of benzene rings is 1. The first-order chi connectivity index (χ1) is 14.5. The molecule has 0 saturated heterocycles. The second-order valence-electron chi connectivity index (χ2n) is 8.67. The lowest BCUT2D eigenvalue weighted by atomic mass is 9.93. The number of carbonyl (C=O) groups excluding carboxylic acids is 1. The lowest BCUT2D eigenvalue weighted by Crippen LogP contribution is -2.41. The Labute approximate surface area is 178 Å². The zero-order valence-corrected chi connectivity index (χ0v) is 18.1. The van der Waals surface area contributed by atoms with Crippen molar-refractivity contribution in [3.63, 3.8) is 0 Å². The van der Waals surface area contributed by atoms with Crippen LogP contribution in [-0.2, 0) is 12.1 Å². The van der Waals surface area contributed by atoms with E-state index in [9.17, 15) is 4.79 Å². The number of rotatable bonds is 6. The average molecular weight is 406 g/mol. The molecule has 30 heavy (non-hydrogen) atoms. The lowest BCUT2D eigenvalue weighted by molar-refractivity contribution is 0.0912. The van der Waals surface area contributed by atoms with Crippen LogP contribution in [0, 0.1) is 0 Å². The van der Waals surface area contributed by atoms with Crippen molar-refractivity contribution in [1.29, 1.82) is 0 Å². The summed E-state index contributed by atoms with van der Waals surface area (Å²) in [7, 11) is 0. The van der Waals surface area contributed by atoms with Gasteiger partial charge in [0.05, 0.1) is 28.4 Å². The first-order valence-corrected chi connectivity index (χ1v) is 11.0. The third-order valence-corrected chi connectivity index (χ3v) is 6.09. The summed E-state index contributed by atoms with van der Waals surface area (Å²) in [6.07, 6.45) is 9.51. The molecule has 4 rings (SSSR count). The van der Waals surface area contributed by atoms with Crippen molar-refractivity contribution >= 4 is 22.6 Å². The average Bonchev–Trinajstić information content (AvgIpc) is 3.18. The van der Waals surface area contributed by atoms with Crippen molar-refractivity contribution < 1.29 is 4.79 Å². The molecule has 6 heteroatoms. The second-order valence-corrected chi connectivity index (χ2v) is 8.67. The molecule has 2 aromatic heterocycles. The number of nitrogens with zero attached hydrogens (tertiary/aromatic N) is 3. The van der Waals surface area contributed by atoms with E-state index in [4.69, 9.17) is 0 Å². The van der Waals surface area contributed by atoms with Gasteiger partial charge in [0, 0.05) is 18.8 Å². The number of carbonyl (C=O) groups is 1. The second kappa shape index (κ2) is 8.46. The fourth-order valence-electron chi connectivity index (χ4n) is 4.32. The molecule has 0 atom stereocenters. The van der Waals surface area contributed by atoms with Gasteiger partial charge in [-0.2, -0.15) is 5.10 Å². The summed E-state index contributed by atoms with van der Waals surface area (Å²) in [4.78, 5) is 18.0. The molecule has 0 aliphatic heterocycles. The number of anilines is 1. The van der Waals surface area contributed by atoms with E-state index in [0.29, 0.717) is 11.6 Å². The first kappa shape index (κ1) is 20.4. The molecule has 1 aromatic carbocycles. The van der Waals surface area contributed by atoms with Crippen LogP contribution in [0.2, 0.25) is 0 Å². The van der Waals surface area contributed by atoms with Crippen molar-refractivity contribution in [3.05, 3.63) is 53.9 Å². The zero-order chi connectivity index (χ0) is 21.1. The fraction of sp³-hybridized carbons (Fsp3) is 0.458. The fourth-order valence-corrected chi connectivity index (χ4v) is 4.32. The molecule has 2 N–H and O–H groups in total. The van der Waals surface area contributed by atoms with E-state index >= 15 is 0 Å². The molecule has 2 heterocycles. The topological polar surface area (TPSA) is 71.8 Å². The number of aromatic nitrogens is 3. The van der Waals surface area contributed by atoms with Gasteiger partial charge in [-0.15, -0.1) is 0 Å². The number of nitrogens with one attached hydrogen (secondary N) is 2. The van der Waals surface area contributed by atoms with Gasteiger partial charge in [0.2, 0.25) is 0 Å². The van der Waals surface area contributed by atoms with Crippen LogP contribution in [-0.4, -0.2) is 26.7 Å². The highest BCUT2D eigenvalue weighted by Gasteiger charge is 2.27. The summed E-state index contributed by atoms with van der Waals surface area (Å²) in [6, 6.07) is 10.4. The summed E-state index contributed by atoms with van der Waals surface area (Å²) in [6.45, 7) is 6.84. The van der Waals surface area contributed by atoms with Crippen LogP contribution in [0.5, 0.6) is 0 Å². The summed E-state index contributed by atoms with van der Waals surface area (Å²) in [5, 5.41) is 12.3. The van der Waals surface area contributed by atoms with Gasteiger partial charge in [-0.3, -0.25) is 4.79 Å². The van der Waals surface area contributed by atoms with Crippen LogP contribution in [0.15, 0.2) is 42.7 Å². The molecule has 0 bridgehead atoms. The Balaban J connectivity index is 1.70. The van der Waals surface area contributed by atoms with Crippen LogP contribution < -0.4 is 10.6 Å². The van der Waals surface area contributed by atoms with Crippen molar-refractivity contribution in [2.45, 2.75) is 71.0 Å². The predicted octanol–water partition coefficient (Wildman–Crippen LogP) is 4.86. The Bertz CT molecular complexity index is 1020. The Hall–Kier alpha value is -2.89. The van der Waals surface area contributed by atoms with Crippen molar-refractivity contribution in [3.8, 4) is 0 Å². The summed E-state index contributed by atoms with van der Waals surface area (Å²) < 4.78 is 1.87. The minimum atomic E-state index is -0.497. The molecule has 0 unspecified atom stereocenters. The lowest BCUT2D eigenvalue weighted by Gasteiger charge is -2.29. The quantitative estimate of drug-likeness (QED) is 0.614. The summed E-state index contributed by atoms with van der Waals surface area (Å²) in [5.41, 5.74) is 2.81. The van der Waals surface area contributed by atoms with Gasteiger partial charge in [-0.1, -0.05) is 49.6 Å². The maximum absolute atomic E-state index is 13.4. The highest BCUT2D eigenvalue weighted by molar-refractivity contribution is 6.06. The molecule has 1 aliphatic carbocycles. The Kier molecular flexibility index (Phi) is 5.75. The Morgan fingerprint density at radius 2 is 1.87 bits per heavy atom. The molecule has 1 fully saturated rings. The van der Waals surface area contributed by atoms with E-state index in [0.717, 1.165) is 41.7 Å². The number of aryl methyl sites for hydroxylation is 1. The maximum atomic E-state index is 13.4. The van der Waals surface area contributed by atoms with E-state index in [1.54, 1.807) is 6.20 Å². The van der Waals surface area contributed by atoms with E-state index in [-0.39, 0.29) is 5.91 Å². The van der Waals surface area contributed by atoms with E-state index < -0.39 is 5.54 Å². The van der Waals surface area contributed by atoms with Crippen molar-refractivity contribution in [2.75, 3.05) is 5.32 Å². The number of fused-ring (bicyclic) bond motifs is 1. The first-order valence-electron chi connectivity index (χ1n) is 11.0. The number of pyridine rings is 1. The Morgan fingerprint density at radius 1 is 1.13 bits per heavy atom. The molecule has 6 nitrogen and oxygen atoms in total. The number of amides is 1. The van der Waals surface area contributed by atoms with Gasteiger partial charge in [0.1, 0.15) is 0 Å². The summed E-state index contributed by atoms with van der Waals surface area (Å²) >= 11 is 0. The molecule has 1 saturated carbocycles. The summed E-state index contributed by atoms with van der Waals surface area (Å²) in [5.74, 6) is -0.124. The van der Waals surface area contributed by atoms with E-state index in [1.165, 1.54) is 19.3 Å². The normalized spacial score (nSPS) is 15.3. The van der Waals surface area contributed by atoms with Crippen molar-refractivity contribution in [1.82, 2.24) is 20.1 Å². The SMILES string of the molecule is CCn1ncc2c(NC3CCCCC3)c(C(=O)NC(C)(C)c3ccccc3)cnc21.